The maximum Gasteiger partial charge on any atom is 0.443 e. The molecule has 1 aromatic rings. The molecule has 1 heterocycles. The molecular weight excluding hydrogens is 285 g/mol. The zero-order chi connectivity index (χ0) is 14.6. The van der Waals surface area contributed by atoms with Crippen molar-refractivity contribution in [1.82, 2.24) is 9.88 Å². The van der Waals surface area contributed by atoms with Gasteiger partial charge in [0.15, 0.2) is 5.01 Å². The van der Waals surface area contributed by atoms with Crippen molar-refractivity contribution in [2.75, 3.05) is 13.6 Å². The molecule has 0 fully saturated rings. The van der Waals surface area contributed by atoms with Gasteiger partial charge in [0.25, 0.3) is 5.91 Å². The molecule has 1 amide bonds. The van der Waals surface area contributed by atoms with Crippen molar-refractivity contribution in [3.8, 4) is 0 Å². The quantitative estimate of drug-likeness (QED) is 0.903. The number of amides is 1. The third-order valence-electron chi connectivity index (χ3n) is 2.20. The molecule has 0 spiro atoms. The fourth-order valence-corrected chi connectivity index (χ4v) is 1.93. The Morgan fingerprint density at radius 3 is 2.58 bits per heavy atom. The molecule has 1 aromatic heterocycles. The molecule has 0 aliphatic heterocycles. The summed E-state index contributed by atoms with van der Waals surface area (Å²) < 4.78 is 36.9. The van der Waals surface area contributed by atoms with Crippen LogP contribution in [0, 0.1) is 0 Å². The summed E-state index contributed by atoms with van der Waals surface area (Å²) in [5, 5.41) is 8.40. The van der Waals surface area contributed by atoms with Gasteiger partial charge in [-0.05, 0) is 6.42 Å². The van der Waals surface area contributed by atoms with E-state index in [0.717, 1.165) is 10.3 Å². The average Bonchev–Trinajstić information content (AvgIpc) is 2.76. The summed E-state index contributed by atoms with van der Waals surface area (Å²) in [6.45, 7) is 0.143. The minimum atomic E-state index is -4.56. The predicted octanol–water partition coefficient (Wildman–Crippen LogP) is 2.10. The summed E-state index contributed by atoms with van der Waals surface area (Å²) in [5.41, 5.74) is -0.282. The van der Waals surface area contributed by atoms with Gasteiger partial charge in [0.05, 0.1) is 0 Å². The van der Waals surface area contributed by atoms with Gasteiger partial charge in [0, 0.05) is 25.4 Å². The predicted molar refractivity (Wildman–Crippen MR) is 60.9 cm³/mol. The first-order valence-corrected chi connectivity index (χ1v) is 6.09. The second-order valence-electron chi connectivity index (χ2n) is 3.76. The molecule has 1 N–H and O–H groups in total. The van der Waals surface area contributed by atoms with Crippen LogP contribution in [0.4, 0.5) is 13.2 Å². The fraction of sp³-hybridized carbons (Fsp3) is 0.500. The van der Waals surface area contributed by atoms with E-state index in [4.69, 9.17) is 5.11 Å². The van der Waals surface area contributed by atoms with E-state index in [0.29, 0.717) is 11.3 Å². The highest BCUT2D eigenvalue weighted by Gasteiger charge is 2.35. The van der Waals surface area contributed by atoms with Gasteiger partial charge in [0.2, 0.25) is 0 Å². The highest BCUT2D eigenvalue weighted by atomic mass is 32.1. The van der Waals surface area contributed by atoms with Gasteiger partial charge in [-0.2, -0.15) is 13.2 Å². The first-order valence-electron chi connectivity index (χ1n) is 5.22. The van der Waals surface area contributed by atoms with Gasteiger partial charge in [-0.25, -0.2) is 4.98 Å². The number of carboxylic acids is 1. The van der Waals surface area contributed by atoms with Gasteiger partial charge in [-0.15, -0.1) is 11.3 Å². The first kappa shape index (κ1) is 15.4. The van der Waals surface area contributed by atoms with Crippen molar-refractivity contribution in [2.45, 2.75) is 19.0 Å². The van der Waals surface area contributed by atoms with E-state index in [2.05, 4.69) is 4.98 Å². The lowest BCUT2D eigenvalue weighted by Crippen LogP contribution is -2.28. The molecule has 0 aliphatic rings. The molecule has 0 unspecified atom stereocenters. The number of hydrogen-bond donors (Lipinski definition) is 1. The van der Waals surface area contributed by atoms with E-state index in [1.165, 1.54) is 7.05 Å². The second kappa shape index (κ2) is 6.00. The Kier molecular flexibility index (Phi) is 4.87. The van der Waals surface area contributed by atoms with Gasteiger partial charge in [0.1, 0.15) is 5.69 Å². The molecule has 106 valence electrons. The van der Waals surface area contributed by atoms with Gasteiger partial charge < -0.3 is 10.0 Å². The number of nitrogens with zero attached hydrogens (tertiary/aromatic N) is 2. The van der Waals surface area contributed by atoms with Crippen LogP contribution in [0.1, 0.15) is 28.3 Å². The molecule has 19 heavy (non-hydrogen) atoms. The molecule has 0 saturated heterocycles. The molecule has 1 rings (SSSR count). The Bertz CT molecular complexity index is 473. The van der Waals surface area contributed by atoms with Crippen LogP contribution >= 0.6 is 11.3 Å². The average molecular weight is 296 g/mol. The molecule has 0 atom stereocenters. The van der Waals surface area contributed by atoms with Crippen molar-refractivity contribution < 1.29 is 27.9 Å². The van der Waals surface area contributed by atoms with Crippen molar-refractivity contribution in [3.63, 3.8) is 0 Å². The molecular formula is C10H11F3N2O3S. The molecule has 0 saturated carbocycles. The molecule has 9 heteroatoms. The lowest BCUT2D eigenvalue weighted by atomic mass is 10.3. The summed E-state index contributed by atoms with van der Waals surface area (Å²) in [7, 11) is 1.39. The lowest BCUT2D eigenvalue weighted by Gasteiger charge is -2.14. The summed E-state index contributed by atoms with van der Waals surface area (Å²) in [5.74, 6) is -1.65. The monoisotopic (exact) mass is 296 g/mol. The number of rotatable bonds is 5. The van der Waals surface area contributed by atoms with Crippen LogP contribution in [-0.4, -0.2) is 40.5 Å². The Morgan fingerprint density at radius 2 is 2.11 bits per heavy atom. The third kappa shape index (κ3) is 4.51. The van der Waals surface area contributed by atoms with Crippen LogP contribution in [0.5, 0.6) is 0 Å². The molecule has 0 aromatic carbocycles. The number of carbonyl (C=O) groups excluding carboxylic acids is 1. The highest BCUT2D eigenvalue weighted by molar-refractivity contribution is 7.09. The van der Waals surface area contributed by atoms with Crippen LogP contribution in [0.2, 0.25) is 0 Å². The van der Waals surface area contributed by atoms with Crippen molar-refractivity contribution in [2.24, 2.45) is 0 Å². The van der Waals surface area contributed by atoms with E-state index in [1.807, 2.05) is 0 Å². The number of carboxylic acid groups (broad SMARTS) is 1. The Hall–Kier alpha value is -1.64. The standard InChI is InChI=1S/C10H11F3N2O3S/c1-15(4-2-3-7(16)17)8(18)6-5-19-9(14-6)10(11,12)13/h5H,2-4H2,1H3,(H,16,17). The Balaban J connectivity index is 2.62. The zero-order valence-corrected chi connectivity index (χ0v) is 10.7. The second-order valence-corrected chi connectivity index (χ2v) is 4.62. The number of alkyl halides is 3. The molecule has 0 aliphatic carbocycles. The summed E-state index contributed by atoms with van der Waals surface area (Å²) in [6.07, 6.45) is -4.44. The van der Waals surface area contributed by atoms with Crippen LogP contribution in [0.3, 0.4) is 0 Å². The highest BCUT2D eigenvalue weighted by Crippen LogP contribution is 2.31. The zero-order valence-electron chi connectivity index (χ0n) is 9.90. The van der Waals surface area contributed by atoms with Crippen molar-refractivity contribution in [3.05, 3.63) is 16.1 Å². The normalized spacial score (nSPS) is 11.4. The third-order valence-corrected chi connectivity index (χ3v) is 3.08. The SMILES string of the molecule is CN(CCCC(=O)O)C(=O)c1csc(C(F)(F)F)n1. The Morgan fingerprint density at radius 1 is 1.47 bits per heavy atom. The minimum absolute atomic E-state index is 0.109. The molecule has 5 nitrogen and oxygen atoms in total. The number of halogens is 3. The van der Waals surface area contributed by atoms with Crippen LogP contribution in [0.25, 0.3) is 0 Å². The maximum atomic E-state index is 12.3. The minimum Gasteiger partial charge on any atom is -0.481 e. The topological polar surface area (TPSA) is 70.5 Å². The fourth-order valence-electron chi connectivity index (χ4n) is 1.27. The number of aromatic nitrogens is 1. The Labute approximate surface area is 110 Å². The number of thiazole rings is 1. The van der Waals surface area contributed by atoms with Crippen LogP contribution < -0.4 is 0 Å². The summed E-state index contributed by atoms with van der Waals surface area (Å²) in [4.78, 5) is 26.4. The van der Waals surface area contributed by atoms with Gasteiger partial charge >= 0.3 is 12.1 Å². The van der Waals surface area contributed by atoms with Crippen molar-refractivity contribution in [1.29, 1.82) is 0 Å². The summed E-state index contributed by atoms with van der Waals surface area (Å²) in [6, 6.07) is 0. The lowest BCUT2D eigenvalue weighted by molar-refractivity contribution is -0.138. The first-order chi connectivity index (χ1) is 8.71. The van der Waals surface area contributed by atoms with E-state index in [-0.39, 0.29) is 25.1 Å². The number of carbonyl (C=O) groups is 2. The van der Waals surface area contributed by atoms with Crippen LogP contribution in [0.15, 0.2) is 5.38 Å². The number of hydrogen-bond acceptors (Lipinski definition) is 4. The van der Waals surface area contributed by atoms with Gasteiger partial charge in [-0.3, -0.25) is 9.59 Å². The van der Waals surface area contributed by atoms with E-state index in [9.17, 15) is 22.8 Å². The van der Waals surface area contributed by atoms with E-state index >= 15 is 0 Å². The van der Waals surface area contributed by atoms with Gasteiger partial charge in [-0.1, -0.05) is 0 Å². The smallest absolute Gasteiger partial charge is 0.443 e. The molecule has 0 bridgehead atoms. The molecule has 0 radical (unpaired) electrons. The number of aliphatic carboxylic acids is 1. The van der Waals surface area contributed by atoms with Crippen LogP contribution in [-0.2, 0) is 11.0 Å². The van der Waals surface area contributed by atoms with E-state index in [1.54, 1.807) is 0 Å². The van der Waals surface area contributed by atoms with E-state index < -0.39 is 23.1 Å². The van der Waals surface area contributed by atoms with Crippen molar-refractivity contribution >= 4 is 23.2 Å². The largest absolute Gasteiger partial charge is 0.481 e. The summed E-state index contributed by atoms with van der Waals surface area (Å²) >= 11 is 0.353. The maximum absolute atomic E-state index is 12.3.